The molecule has 2 aromatic rings. The minimum atomic E-state index is 0.106. The molecule has 5 heteroatoms. The molecular weight excluding hydrogens is 262 g/mol. The van der Waals surface area contributed by atoms with Crippen molar-refractivity contribution in [2.45, 2.75) is 19.4 Å². The van der Waals surface area contributed by atoms with Gasteiger partial charge in [0.15, 0.2) is 0 Å². The van der Waals surface area contributed by atoms with E-state index < -0.39 is 0 Å². The number of para-hydroxylation sites is 1. The number of benzene rings is 1. The third-order valence-electron chi connectivity index (χ3n) is 3.90. The van der Waals surface area contributed by atoms with Crippen LogP contribution in [0.1, 0.15) is 13.3 Å². The fourth-order valence-corrected chi connectivity index (χ4v) is 2.97. The number of hydrogen-bond donors (Lipinski definition) is 1. The van der Waals surface area contributed by atoms with Crippen LogP contribution in [-0.2, 0) is 0 Å². The normalized spacial score (nSPS) is 23.2. The van der Waals surface area contributed by atoms with Crippen molar-refractivity contribution in [2.75, 3.05) is 18.1 Å². The quantitative estimate of drug-likeness (QED) is 0.857. The lowest BCUT2D eigenvalue weighted by Crippen LogP contribution is -2.36. The summed E-state index contributed by atoms with van der Waals surface area (Å²) in [5.74, 6) is 1.29. The van der Waals surface area contributed by atoms with E-state index in [0.717, 1.165) is 29.7 Å². The number of nitrogens with zero attached hydrogens (tertiary/aromatic N) is 3. The van der Waals surface area contributed by atoms with E-state index in [0.29, 0.717) is 5.92 Å². The zero-order valence-electron chi connectivity index (χ0n) is 10.8. The maximum atomic E-state index is 9.59. The van der Waals surface area contributed by atoms with E-state index >= 15 is 0 Å². The molecule has 100 valence electrons. The smallest absolute Gasteiger partial charge is 0.224 e. The van der Waals surface area contributed by atoms with Gasteiger partial charge in [-0.15, -0.1) is 0 Å². The molecule has 1 saturated heterocycles. The Labute approximate surface area is 117 Å². The molecule has 2 unspecified atom stereocenters. The van der Waals surface area contributed by atoms with Gasteiger partial charge in [-0.3, -0.25) is 0 Å². The SMILES string of the molecule is CC1CCN(c2nc(Cl)nc3ccccc23)C1CO. The third kappa shape index (κ3) is 2.15. The highest BCUT2D eigenvalue weighted by Crippen LogP contribution is 2.33. The van der Waals surface area contributed by atoms with Crippen LogP contribution in [0.15, 0.2) is 24.3 Å². The third-order valence-corrected chi connectivity index (χ3v) is 4.07. The molecule has 1 aromatic carbocycles. The molecule has 0 spiro atoms. The molecule has 2 atom stereocenters. The van der Waals surface area contributed by atoms with Crippen molar-refractivity contribution < 1.29 is 5.11 Å². The van der Waals surface area contributed by atoms with E-state index in [-0.39, 0.29) is 17.9 Å². The number of aliphatic hydroxyl groups excluding tert-OH is 1. The molecule has 19 heavy (non-hydrogen) atoms. The summed E-state index contributed by atoms with van der Waals surface area (Å²) < 4.78 is 0. The molecule has 0 amide bonds. The molecule has 0 bridgehead atoms. The van der Waals surface area contributed by atoms with Gasteiger partial charge in [-0.05, 0) is 36.1 Å². The molecule has 3 rings (SSSR count). The van der Waals surface area contributed by atoms with Gasteiger partial charge in [-0.2, -0.15) is 4.98 Å². The highest BCUT2D eigenvalue weighted by molar-refractivity contribution is 6.28. The van der Waals surface area contributed by atoms with Crippen LogP contribution in [-0.4, -0.2) is 34.3 Å². The second kappa shape index (κ2) is 4.94. The van der Waals surface area contributed by atoms with Gasteiger partial charge in [0, 0.05) is 11.9 Å². The largest absolute Gasteiger partial charge is 0.394 e. The maximum Gasteiger partial charge on any atom is 0.224 e. The Hall–Kier alpha value is -1.39. The molecule has 4 nitrogen and oxygen atoms in total. The molecule has 1 aliphatic rings. The number of fused-ring (bicyclic) bond motifs is 1. The number of rotatable bonds is 2. The van der Waals surface area contributed by atoms with Crippen LogP contribution in [0.2, 0.25) is 5.28 Å². The highest BCUT2D eigenvalue weighted by Gasteiger charge is 2.32. The Bertz CT molecular complexity index is 604. The first kappa shape index (κ1) is 12.6. The average Bonchev–Trinajstić information content (AvgIpc) is 2.78. The van der Waals surface area contributed by atoms with Crippen LogP contribution in [0.5, 0.6) is 0 Å². The van der Waals surface area contributed by atoms with Gasteiger partial charge in [-0.25, -0.2) is 4.98 Å². The number of aromatic nitrogens is 2. The molecule has 0 saturated carbocycles. The Balaban J connectivity index is 2.14. The van der Waals surface area contributed by atoms with Gasteiger partial charge in [0.05, 0.1) is 18.2 Å². The minimum absolute atomic E-state index is 0.106. The fourth-order valence-electron chi connectivity index (χ4n) is 2.80. The van der Waals surface area contributed by atoms with E-state index in [1.165, 1.54) is 0 Å². The Kier molecular flexibility index (Phi) is 3.29. The molecular formula is C14H16ClN3O. The van der Waals surface area contributed by atoms with Gasteiger partial charge >= 0.3 is 0 Å². The molecule has 2 heterocycles. The lowest BCUT2D eigenvalue weighted by Gasteiger charge is -2.27. The van der Waals surface area contributed by atoms with E-state index in [2.05, 4.69) is 21.8 Å². The van der Waals surface area contributed by atoms with Crippen molar-refractivity contribution in [2.24, 2.45) is 5.92 Å². The number of hydrogen-bond acceptors (Lipinski definition) is 4. The van der Waals surface area contributed by atoms with Crippen LogP contribution < -0.4 is 4.90 Å². The van der Waals surface area contributed by atoms with Crippen LogP contribution in [0, 0.1) is 5.92 Å². The van der Waals surface area contributed by atoms with E-state index in [9.17, 15) is 5.11 Å². The van der Waals surface area contributed by atoms with Crippen molar-refractivity contribution in [1.29, 1.82) is 0 Å². The summed E-state index contributed by atoms with van der Waals surface area (Å²) in [5, 5.41) is 10.8. The van der Waals surface area contributed by atoms with Crippen molar-refractivity contribution in [3.8, 4) is 0 Å². The molecule has 1 aromatic heterocycles. The molecule has 0 aliphatic carbocycles. The van der Waals surface area contributed by atoms with Crippen LogP contribution in [0.4, 0.5) is 5.82 Å². The number of anilines is 1. The first-order valence-electron chi connectivity index (χ1n) is 6.50. The Morgan fingerprint density at radius 2 is 2.16 bits per heavy atom. The summed E-state index contributed by atoms with van der Waals surface area (Å²) in [6.45, 7) is 3.19. The second-order valence-corrected chi connectivity index (χ2v) is 5.38. The van der Waals surface area contributed by atoms with Crippen LogP contribution in [0.25, 0.3) is 10.9 Å². The second-order valence-electron chi connectivity index (χ2n) is 5.04. The minimum Gasteiger partial charge on any atom is -0.394 e. The average molecular weight is 278 g/mol. The van der Waals surface area contributed by atoms with Gasteiger partial charge in [0.2, 0.25) is 5.28 Å². The van der Waals surface area contributed by atoms with Crippen molar-refractivity contribution in [3.05, 3.63) is 29.5 Å². The maximum absolute atomic E-state index is 9.59. The lowest BCUT2D eigenvalue weighted by atomic mass is 10.0. The van der Waals surface area contributed by atoms with E-state index in [1.54, 1.807) is 0 Å². The summed E-state index contributed by atoms with van der Waals surface area (Å²) in [7, 11) is 0. The predicted octanol–water partition coefficient (Wildman–Crippen LogP) is 2.49. The standard InChI is InChI=1S/C14H16ClN3O/c1-9-6-7-18(12(9)8-19)13-10-4-2-3-5-11(10)16-14(15)17-13/h2-5,9,12,19H,6-8H2,1H3. The van der Waals surface area contributed by atoms with Crippen molar-refractivity contribution in [3.63, 3.8) is 0 Å². The topological polar surface area (TPSA) is 49.2 Å². The Morgan fingerprint density at radius 3 is 2.95 bits per heavy atom. The Morgan fingerprint density at radius 1 is 1.37 bits per heavy atom. The molecule has 0 radical (unpaired) electrons. The zero-order chi connectivity index (χ0) is 13.4. The zero-order valence-corrected chi connectivity index (χ0v) is 11.5. The monoisotopic (exact) mass is 277 g/mol. The van der Waals surface area contributed by atoms with Gasteiger partial charge in [0.25, 0.3) is 0 Å². The van der Waals surface area contributed by atoms with Crippen LogP contribution in [0.3, 0.4) is 0 Å². The summed E-state index contributed by atoms with van der Waals surface area (Å²) >= 11 is 6.02. The lowest BCUT2D eigenvalue weighted by molar-refractivity contribution is 0.244. The van der Waals surface area contributed by atoms with Crippen molar-refractivity contribution in [1.82, 2.24) is 9.97 Å². The van der Waals surface area contributed by atoms with Crippen LogP contribution >= 0.6 is 11.6 Å². The summed E-state index contributed by atoms with van der Waals surface area (Å²) in [5.41, 5.74) is 0.841. The summed E-state index contributed by atoms with van der Waals surface area (Å²) in [4.78, 5) is 10.8. The number of aliphatic hydroxyl groups is 1. The molecule has 1 fully saturated rings. The predicted molar refractivity (Wildman–Crippen MR) is 76.5 cm³/mol. The fraction of sp³-hybridized carbons (Fsp3) is 0.429. The summed E-state index contributed by atoms with van der Waals surface area (Å²) in [6, 6.07) is 7.94. The summed E-state index contributed by atoms with van der Waals surface area (Å²) in [6.07, 6.45) is 1.06. The van der Waals surface area contributed by atoms with E-state index in [4.69, 9.17) is 11.6 Å². The van der Waals surface area contributed by atoms with Gasteiger partial charge < -0.3 is 10.0 Å². The molecule has 1 N–H and O–H groups in total. The molecule has 1 aliphatic heterocycles. The van der Waals surface area contributed by atoms with Crippen molar-refractivity contribution >= 4 is 28.3 Å². The van der Waals surface area contributed by atoms with E-state index in [1.807, 2.05) is 24.3 Å². The highest BCUT2D eigenvalue weighted by atomic mass is 35.5. The number of halogens is 1. The van der Waals surface area contributed by atoms with Gasteiger partial charge in [0.1, 0.15) is 5.82 Å². The first-order valence-corrected chi connectivity index (χ1v) is 6.88. The van der Waals surface area contributed by atoms with Gasteiger partial charge in [-0.1, -0.05) is 19.1 Å². The first-order chi connectivity index (χ1) is 9.20.